The highest BCUT2D eigenvalue weighted by Crippen LogP contribution is 2.38. The number of hydrogen-bond donors (Lipinski definition) is 0. The molecule has 0 atom stereocenters. The van der Waals surface area contributed by atoms with Crippen LogP contribution in [0.2, 0.25) is 0 Å². The molecule has 3 rings (SSSR count). The Balaban J connectivity index is 2.05. The van der Waals surface area contributed by atoms with E-state index in [1.165, 1.54) is 27.8 Å². The highest BCUT2D eigenvalue weighted by atomic mass is 16.5. The maximum absolute atomic E-state index is 5.54. The predicted molar refractivity (Wildman–Crippen MR) is 70.0 cm³/mol. The number of ether oxygens (including phenoxy) is 1. The second-order valence-corrected chi connectivity index (χ2v) is 4.41. The Kier molecular flexibility index (Phi) is 2.69. The zero-order valence-electron chi connectivity index (χ0n) is 10.1. The van der Waals surface area contributed by atoms with E-state index >= 15 is 0 Å². The van der Waals surface area contributed by atoms with E-state index in [1.54, 1.807) is 0 Å². The molecule has 0 N–H and O–H groups in total. The van der Waals surface area contributed by atoms with Crippen LogP contribution >= 0.6 is 0 Å². The van der Waals surface area contributed by atoms with Gasteiger partial charge in [-0.05, 0) is 41.2 Å². The van der Waals surface area contributed by atoms with Gasteiger partial charge in [-0.3, -0.25) is 0 Å². The van der Waals surface area contributed by atoms with E-state index in [1.807, 2.05) is 6.92 Å². The monoisotopic (exact) mass is 224 g/mol. The SMILES string of the molecule is CCOCc1cccc2c1Cc1ccccc1-2. The number of fused-ring (bicyclic) bond motifs is 3. The maximum Gasteiger partial charge on any atom is 0.0719 e. The van der Waals surface area contributed by atoms with Crippen LogP contribution in [0.25, 0.3) is 11.1 Å². The van der Waals surface area contributed by atoms with Gasteiger partial charge in [-0.2, -0.15) is 0 Å². The van der Waals surface area contributed by atoms with Crippen molar-refractivity contribution in [3.05, 3.63) is 59.2 Å². The molecule has 0 unspecified atom stereocenters. The summed E-state index contributed by atoms with van der Waals surface area (Å²) in [7, 11) is 0. The van der Waals surface area contributed by atoms with Gasteiger partial charge >= 0.3 is 0 Å². The number of rotatable bonds is 3. The molecule has 0 saturated carbocycles. The van der Waals surface area contributed by atoms with Gasteiger partial charge in [0, 0.05) is 6.61 Å². The first-order valence-corrected chi connectivity index (χ1v) is 6.17. The Hall–Kier alpha value is -1.60. The second kappa shape index (κ2) is 4.34. The normalized spacial score (nSPS) is 12.3. The minimum atomic E-state index is 0.730. The first-order valence-electron chi connectivity index (χ1n) is 6.17. The van der Waals surface area contributed by atoms with Gasteiger partial charge in [0.15, 0.2) is 0 Å². The van der Waals surface area contributed by atoms with Crippen molar-refractivity contribution in [1.29, 1.82) is 0 Å². The van der Waals surface area contributed by atoms with Crippen LogP contribution in [0.15, 0.2) is 42.5 Å². The van der Waals surface area contributed by atoms with Crippen LogP contribution in [0.3, 0.4) is 0 Å². The summed E-state index contributed by atoms with van der Waals surface area (Å²) in [4.78, 5) is 0. The molecule has 0 fully saturated rings. The molecule has 0 spiro atoms. The predicted octanol–water partition coefficient (Wildman–Crippen LogP) is 3.79. The molecule has 0 saturated heterocycles. The molecule has 1 aliphatic carbocycles. The summed E-state index contributed by atoms with van der Waals surface area (Å²) < 4.78 is 5.54. The van der Waals surface area contributed by atoms with Gasteiger partial charge in [0.1, 0.15) is 0 Å². The molecule has 86 valence electrons. The Labute approximate surface area is 102 Å². The molecule has 17 heavy (non-hydrogen) atoms. The Morgan fingerprint density at radius 2 is 1.82 bits per heavy atom. The summed E-state index contributed by atoms with van der Waals surface area (Å²) in [5.74, 6) is 0. The van der Waals surface area contributed by atoms with Gasteiger partial charge in [-0.25, -0.2) is 0 Å². The molecule has 0 bridgehead atoms. The van der Waals surface area contributed by atoms with Crippen molar-refractivity contribution in [2.75, 3.05) is 6.61 Å². The van der Waals surface area contributed by atoms with Crippen LogP contribution in [-0.2, 0) is 17.8 Å². The Bertz CT molecular complexity index is 543. The second-order valence-electron chi connectivity index (χ2n) is 4.41. The average Bonchev–Trinajstić information content (AvgIpc) is 2.75. The lowest BCUT2D eigenvalue weighted by Crippen LogP contribution is -1.96. The van der Waals surface area contributed by atoms with Crippen molar-refractivity contribution >= 4 is 0 Å². The molecule has 1 heteroatoms. The summed E-state index contributed by atoms with van der Waals surface area (Å²) in [5.41, 5.74) is 6.99. The highest BCUT2D eigenvalue weighted by Gasteiger charge is 2.19. The van der Waals surface area contributed by atoms with Gasteiger partial charge in [0.25, 0.3) is 0 Å². The summed E-state index contributed by atoms with van der Waals surface area (Å²) in [6.45, 7) is 3.54. The lowest BCUT2D eigenvalue weighted by Gasteiger charge is -2.08. The fourth-order valence-electron chi connectivity index (χ4n) is 2.57. The molecule has 2 aromatic rings. The Morgan fingerprint density at radius 3 is 2.71 bits per heavy atom. The van der Waals surface area contributed by atoms with E-state index in [-0.39, 0.29) is 0 Å². The first-order chi connectivity index (χ1) is 8.40. The molecule has 0 aliphatic heterocycles. The third-order valence-electron chi connectivity index (χ3n) is 3.41. The zero-order chi connectivity index (χ0) is 11.7. The molecule has 0 heterocycles. The number of benzene rings is 2. The van der Waals surface area contributed by atoms with Crippen molar-refractivity contribution < 1.29 is 4.74 Å². The summed E-state index contributed by atoms with van der Waals surface area (Å²) >= 11 is 0. The van der Waals surface area contributed by atoms with E-state index in [0.717, 1.165) is 19.6 Å². The van der Waals surface area contributed by atoms with Crippen LogP contribution < -0.4 is 0 Å². The van der Waals surface area contributed by atoms with Crippen LogP contribution in [0.1, 0.15) is 23.6 Å². The minimum absolute atomic E-state index is 0.730. The minimum Gasteiger partial charge on any atom is -0.377 e. The van der Waals surface area contributed by atoms with E-state index in [9.17, 15) is 0 Å². The van der Waals surface area contributed by atoms with Crippen molar-refractivity contribution in [3.8, 4) is 11.1 Å². The van der Waals surface area contributed by atoms with E-state index < -0.39 is 0 Å². The molecule has 0 aromatic heterocycles. The summed E-state index contributed by atoms with van der Waals surface area (Å²) in [6.07, 6.45) is 1.05. The lowest BCUT2D eigenvalue weighted by atomic mass is 10.0. The van der Waals surface area contributed by atoms with Gasteiger partial charge in [-0.1, -0.05) is 42.5 Å². The third-order valence-corrected chi connectivity index (χ3v) is 3.41. The van der Waals surface area contributed by atoms with Crippen molar-refractivity contribution in [2.24, 2.45) is 0 Å². The fraction of sp³-hybridized carbons (Fsp3) is 0.250. The van der Waals surface area contributed by atoms with Crippen molar-refractivity contribution in [3.63, 3.8) is 0 Å². The van der Waals surface area contributed by atoms with Crippen LogP contribution in [-0.4, -0.2) is 6.61 Å². The average molecular weight is 224 g/mol. The molecule has 0 amide bonds. The zero-order valence-corrected chi connectivity index (χ0v) is 10.1. The Morgan fingerprint density at radius 1 is 1.00 bits per heavy atom. The summed E-state index contributed by atoms with van der Waals surface area (Å²) in [6, 6.07) is 15.2. The maximum atomic E-state index is 5.54. The van der Waals surface area contributed by atoms with E-state index in [0.29, 0.717) is 0 Å². The third kappa shape index (κ3) is 1.77. The van der Waals surface area contributed by atoms with Gasteiger partial charge in [0.2, 0.25) is 0 Å². The summed E-state index contributed by atoms with van der Waals surface area (Å²) in [5, 5.41) is 0. The van der Waals surface area contributed by atoms with Crippen LogP contribution in [0.4, 0.5) is 0 Å². The number of hydrogen-bond acceptors (Lipinski definition) is 1. The first kappa shape index (κ1) is 10.5. The van der Waals surface area contributed by atoms with Gasteiger partial charge in [0.05, 0.1) is 6.61 Å². The largest absolute Gasteiger partial charge is 0.377 e. The molecular weight excluding hydrogens is 208 g/mol. The smallest absolute Gasteiger partial charge is 0.0719 e. The topological polar surface area (TPSA) is 9.23 Å². The van der Waals surface area contributed by atoms with Gasteiger partial charge < -0.3 is 4.74 Å². The quantitative estimate of drug-likeness (QED) is 0.657. The van der Waals surface area contributed by atoms with E-state index in [2.05, 4.69) is 42.5 Å². The molecule has 1 nitrogen and oxygen atoms in total. The molecule has 0 radical (unpaired) electrons. The van der Waals surface area contributed by atoms with Crippen LogP contribution in [0, 0.1) is 0 Å². The highest BCUT2D eigenvalue weighted by molar-refractivity contribution is 5.77. The van der Waals surface area contributed by atoms with Crippen molar-refractivity contribution in [2.45, 2.75) is 20.0 Å². The lowest BCUT2D eigenvalue weighted by molar-refractivity contribution is 0.133. The standard InChI is InChI=1S/C16H16O/c1-2-17-11-13-7-5-9-15-14-8-4-3-6-12(14)10-16(13)15/h3-9H,2,10-11H2,1H3. The van der Waals surface area contributed by atoms with Crippen molar-refractivity contribution in [1.82, 2.24) is 0 Å². The fourth-order valence-corrected chi connectivity index (χ4v) is 2.57. The van der Waals surface area contributed by atoms with E-state index in [4.69, 9.17) is 4.74 Å². The van der Waals surface area contributed by atoms with Crippen LogP contribution in [0.5, 0.6) is 0 Å². The molecule has 2 aromatic carbocycles. The molecular formula is C16H16O. The van der Waals surface area contributed by atoms with Gasteiger partial charge in [-0.15, -0.1) is 0 Å². The molecule has 1 aliphatic rings.